The first-order valence-corrected chi connectivity index (χ1v) is 11.5. The number of anilines is 2. The Labute approximate surface area is 195 Å². The Kier molecular flexibility index (Phi) is 6.75. The molecule has 2 N–H and O–H groups in total. The van der Waals surface area contributed by atoms with Gasteiger partial charge in [0.25, 0.3) is 5.19 Å². The van der Waals surface area contributed by atoms with Crippen molar-refractivity contribution >= 4 is 44.9 Å². The summed E-state index contributed by atoms with van der Waals surface area (Å²) in [6, 6.07) is 5.75. The quantitative estimate of drug-likeness (QED) is 0.440. The largest absolute Gasteiger partial charge is 0.473 e. The maximum atomic E-state index is 13.3. The number of ether oxygens (including phenoxy) is 1. The standard InChI is InChI=1S/C14H17N3O2S.C9H10FN3/c1-9-7-17(6-5-15-9)11-4-3-10(8-18)12-13(11)20-14(16-12)19-2;1-6-4-13-5-7(11-2)3-8(10)9(13)12-6/h3-4,8-9,15H,5-7H2,1-2H3;3-5,11H,1-2H3. The highest BCUT2D eigenvalue weighted by molar-refractivity contribution is 7.20. The van der Waals surface area contributed by atoms with Gasteiger partial charge in [-0.25, -0.2) is 14.4 Å². The average molecular weight is 471 g/mol. The van der Waals surface area contributed by atoms with Gasteiger partial charge in [0, 0.05) is 56.7 Å². The van der Waals surface area contributed by atoms with Crippen LogP contribution in [0.5, 0.6) is 5.19 Å². The lowest BCUT2D eigenvalue weighted by molar-refractivity contribution is 0.112. The summed E-state index contributed by atoms with van der Waals surface area (Å²) in [6.07, 6.45) is 4.45. The summed E-state index contributed by atoms with van der Waals surface area (Å²) < 4.78 is 21.3. The highest BCUT2D eigenvalue weighted by Crippen LogP contribution is 2.37. The fraction of sp³-hybridized carbons (Fsp3) is 0.348. The number of aldehydes is 1. The van der Waals surface area contributed by atoms with Gasteiger partial charge in [0.15, 0.2) is 17.8 Å². The minimum Gasteiger partial charge on any atom is -0.473 e. The summed E-state index contributed by atoms with van der Waals surface area (Å²) in [5.74, 6) is -0.306. The van der Waals surface area contributed by atoms with E-state index in [1.807, 2.05) is 19.1 Å². The van der Waals surface area contributed by atoms with Gasteiger partial charge in [-0.2, -0.15) is 0 Å². The molecule has 0 radical (unpaired) electrons. The number of fused-ring (bicyclic) bond motifs is 2. The Balaban J connectivity index is 0.000000172. The number of thiazole rings is 1. The van der Waals surface area contributed by atoms with Crippen LogP contribution in [-0.4, -0.2) is 60.5 Å². The molecule has 1 aliphatic rings. The molecule has 174 valence electrons. The normalized spacial score (nSPS) is 15.9. The fourth-order valence-electron chi connectivity index (χ4n) is 3.89. The van der Waals surface area contributed by atoms with Gasteiger partial charge in [-0.1, -0.05) is 11.3 Å². The fourth-order valence-corrected chi connectivity index (χ4v) is 4.85. The van der Waals surface area contributed by atoms with Crippen molar-refractivity contribution in [2.24, 2.45) is 0 Å². The molecule has 0 spiro atoms. The Bertz CT molecular complexity index is 1290. The Morgan fingerprint density at radius 2 is 2.15 bits per heavy atom. The van der Waals surface area contributed by atoms with Crippen molar-refractivity contribution < 1.29 is 13.9 Å². The molecule has 4 aromatic rings. The van der Waals surface area contributed by atoms with Crippen molar-refractivity contribution in [3.63, 3.8) is 0 Å². The van der Waals surface area contributed by atoms with Crippen molar-refractivity contribution in [1.29, 1.82) is 0 Å². The van der Waals surface area contributed by atoms with Crippen LogP contribution in [0.4, 0.5) is 15.8 Å². The van der Waals surface area contributed by atoms with E-state index in [1.165, 1.54) is 17.4 Å². The van der Waals surface area contributed by atoms with Crippen LogP contribution in [0, 0.1) is 12.7 Å². The summed E-state index contributed by atoms with van der Waals surface area (Å²) in [7, 11) is 3.36. The molecule has 33 heavy (non-hydrogen) atoms. The van der Waals surface area contributed by atoms with E-state index in [0.29, 0.717) is 22.4 Å². The predicted molar refractivity (Wildman–Crippen MR) is 131 cm³/mol. The van der Waals surface area contributed by atoms with E-state index in [2.05, 4.69) is 32.4 Å². The first-order chi connectivity index (χ1) is 15.9. The Hall–Kier alpha value is -3.24. The summed E-state index contributed by atoms with van der Waals surface area (Å²) in [6.45, 7) is 6.89. The van der Waals surface area contributed by atoms with Crippen LogP contribution < -0.4 is 20.3 Å². The van der Waals surface area contributed by atoms with Gasteiger partial charge < -0.3 is 24.7 Å². The minimum atomic E-state index is -0.306. The van der Waals surface area contributed by atoms with Crippen molar-refractivity contribution in [2.75, 3.05) is 44.0 Å². The third-order valence-electron chi connectivity index (χ3n) is 5.46. The minimum absolute atomic E-state index is 0.306. The molecule has 4 heterocycles. The van der Waals surface area contributed by atoms with Crippen LogP contribution in [0.25, 0.3) is 15.9 Å². The van der Waals surface area contributed by atoms with Crippen LogP contribution in [0.3, 0.4) is 0 Å². The van der Waals surface area contributed by atoms with Gasteiger partial charge in [-0.05, 0) is 26.0 Å². The van der Waals surface area contributed by atoms with E-state index < -0.39 is 0 Å². The van der Waals surface area contributed by atoms with Gasteiger partial charge in [0.2, 0.25) is 0 Å². The van der Waals surface area contributed by atoms with Crippen LogP contribution in [0.15, 0.2) is 30.6 Å². The number of carbonyl (C=O) groups is 1. The zero-order valence-corrected chi connectivity index (χ0v) is 19.9. The SMILES string of the molecule is CNc1cc(F)c2nc(C)cn2c1.COc1nc2c(C=O)ccc(N3CCNC(C)C3)c2s1. The number of hydrogen-bond donors (Lipinski definition) is 2. The van der Waals surface area contributed by atoms with Gasteiger partial charge in [0.05, 0.1) is 34.4 Å². The van der Waals surface area contributed by atoms with Gasteiger partial charge in [-0.15, -0.1) is 0 Å². The van der Waals surface area contributed by atoms with Crippen molar-refractivity contribution in [3.8, 4) is 5.19 Å². The third kappa shape index (κ3) is 4.76. The number of benzene rings is 1. The van der Waals surface area contributed by atoms with E-state index >= 15 is 0 Å². The number of imidazole rings is 1. The number of rotatable bonds is 4. The summed E-state index contributed by atoms with van der Waals surface area (Å²) >= 11 is 1.49. The number of methoxy groups -OCH3 is 1. The smallest absolute Gasteiger partial charge is 0.274 e. The maximum absolute atomic E-state index is 13.3. The van der Waals surface area contributed by atoms with Crippen molar-refractivity contribution in [3.05, 3.63) is 47.7 Å². The van der Waals surface area contributed by atoms with E-state index in [4.69, 9.17) is 4.74 Å². The maximum Gasteiger partial charge on any atom is 0.274 e. The summed E-state index contributed by atoms with van der Waals surface area (Å²) in [5, 5.41) is 6.91. The number of halogens is 1. The molecule has 0 aliphatic carbocycles. The van der Waals surface area contributed by atoms with Crippen LogP contribution in [0.2, 0.25) is 0 Å². The molecule has 3 aromatic heterocycles. The summed E-state index contributed by atoms with van der Waals surface area (Å²) in [4.78, 5) is 21.9. The molecular formula is C23H27FN6O2S. The molecule has 8 nitrogen and oxygen atoms in total. The number of hydrogen-bond acceptors (Lipinski definition) is 8. The Morgan fingerprint density at radius 1 is 1.33 bits per heavy atom. The first kappa shape index (κ1) is 22.9. The van der Waals surface area contributed by atoms with Gasteiger partial charge in [-0.3, -0.25) is 4.79 Å². The molecule has 1 unspecified atom stereocenters. The molecule has 1 aromatic carbocycles. The van der Waals surface area contributed by atoms with Crippen molar-refractivity contribution in [2.45, 2.75) is 19.9 Å². The molecule has 0 bridgehead atoms. The van der Waals surface area contributed by atoms with Gasteiger partial charge >= 0.3 is 0 Å². The second kappa shape index (κ2) is 9.72. The lowest BCUT2D eigenvalue weighted by atomic mass is 10.1. The topological polar surface area (TPSA) is 83.8 Å². The second-order valence-electron chi connectivity index (χ2n) is 7.89. The molecule has 1 aliphatic heterocycles. The lowest BCUT2D eigenvalue weighted by Crippen LogP contribution is -2.49. The summed E-state index contributed by atoms with van der Waals surface area (Å²) in [5.41, 5.74) is 4.42. The third-order valence-corrected chi connectivity index (χ3v) is 6.50. The van der Waals surface area contributed by atoms with E-state index in [-0.39, 0.29) is 5.82 Å². The molecule has 1 atom stereocenters. The average Bonchev–Trinajstić information content (AvgIpc) is 3.42. The lowest BCUT2D eigenvalue weighted by Gasteiger charge is -2.33. The van der Waals surface area contributed by atoms with Crippen LogP contribution in [-0.2, 0) is 0 Å². The molecule has 0 saturated carbocycles. The molecule has 5 rings (SSSR count). The monoisotopic (exact) mass is 470 g/mol. The van der Waals surface area contributed by atoms with Gasteiger partial charge in [0.1, 0.15) is 0 Å². The number of aromatic nitrogens is 3. The van der Waals surface area contributed by atoms with Crippen LogP contribution in [0.1, 0.15) is 23.0 Å². The number of nitrogens with zero attached hydrogens (tertiary/aromatic N) is 4. The van der Waals surface area contributed by atoms with E-state index in [0.717, 1.165) is 53.2 Å². The molecular weight excluding hydrogens is 443 g/mol. The number of pyridine rings is 1. The number of nitrogens with one attached hydrogen (secondary N) is 2. The molecule has 1 fully saturated rings. The zero-order chi connectivity index (χ0) is 23.5. The highest BCUT2D eigenvalue weighted by atomic mass is 32.1. The van der Waals surface area contributed by atoms with E-state index in [9.17, 15) is 9.18 Å². The predicted octanol–water partition coefficient (Wildman–Crippen LogP) is 3.74. The second-order valence-corrected chi connectivity index (χ2v) is 8.86. The number of carbonyl (C=O) groups excluding carboxylic acids is 1. The van der Waals surface area contributed by atoms with Crippen LogP contribution >= 0.6 is 11.3 Å². The zero-order valence-electron chi connectivity index (χ0n) is 19.1. The highest BCUT2D eigenvalue weighted by Gasteiger charge is 2.21. The number of piperazine rings is 1. The number of aryl methyl sites for hydroxylation is 1. The molecule has 0 amide bonds. The van der Waals surface area contributed by atoms with E-state index in [1.54, 1.807) is 31.0 Å². The van der Waals surface area contributed by atoms with Crippen molar-refractivity contribution in [1.82, 2.24) is 19.7 Å². The first-order valence-electron chi connectivity index (χ1n) is 10.7. The molecule has 10 heteroatoms. The Morgan fingerprint density at radius 3 is 2.85 bits per heavy atom. The molecule has 1 saturated heterocycles.